The van der Waals surface area contributed by atoms with Crippen LogP contribution in [-0.2, 0) is 0 Å². The van der Waals surface area contributed by atoms with Crippen LogP contribution in [0.1, 0.15) is 35.9 Å². The molecule has 1 aliphatic heterocycles. The molecule has 2 rings (SSSR count). The van der Waals surface area contributed by atoms with Crippen molar-refractivity contribution in [3.05, 3.63) is 21.0 Å². The number of aliphatic hydroxyl groups excluding tert-OH is 1. The highest BCUT2D eigenvalue weighted by Gasteiger charge is 2.30. The van der Waals surface area contributed by atoms with E-state index in [4.69, 9.17) is 0 Å². The normalized spacial score (nSPS) is 19.8. The molecule has 1 fully saturated rings. The van der Waals surface area contributed by atoms with Gasteiger partial charge in [-0.1, -0.05) is 5.18 Å². The summed E-state index contributed by atoms with van der Waals surface area (Å²) in [5.74, 6) is 0. The van der Waals surface area contributed by atoms with E-state index in [-0.39, 0.29) is 18.3 Å². The number of halogens is 2. The van der Waals surface area contributed by atoms with E-state index >= 15 is 0 Å². The maximum atomic E-state index is 12.9. The lowest BCUT2D eigenvalue weighted by atomic mass is 10.0. The van der Waals surface area contributed by atoms with Crippen LogP contribution < -0.4 is 0 Å². The van der Waals surface area contributed by atoms with Gasteiger partial charge in [-0.05, 0) is 12.8 Å². The van der Waals surface area contributed by atoms with Crippen LogP contribution in [0.15, 0.2) is 10.7 Å². The number of aromatic nitrogens is 1. The van der Waals surface area contributed by atoms with E-state index in [1.807, 2.05) is 4.90 Å². The van der Waals surface area contributed by atoms with Gasteiger partial charge in [0, 0.05) is 13.1 Å². The average molecular weight is 291 g/mol. The van der Waals surface area contributed by atoms with Crippen molar-refractivity contribution < 1.29 is 13.9 Å². The lowest BCUT2D eigenvalue weighted by Crippen LogP contribution is -2.39. The first-order valence-electron chi connectivity index (χ1n) is 6.06. The molecule has 1 aromatic heterocycles. The first kappa shape index (κ1) is 14.4. The number of likely N-dealkylation sites (tertiary alicyclic amines) is 1. The van der Waals surface area contributed by atoms with Crippen LogP contribution >= 0.6 is 11.3 Å². The molecule has 8 heteroatoms. The molecule has 1 saturated heterocycles. The van der Waals surface area contributed by atoms with Crippen LogP contribution in [0.2, 0.25) is 0 Å². The zero-order valence-corrected chi connectivity index (χ0v) is 11.0. The summed E-state index contributed by atoms with van der Waals surface area (Å²) in [5.41, 5.74) is 1.11. The zero-order valence-electron chi connectivity index (χ0n) is 10.2. The summed E-state index contributed by atoms with van der Waals surface area (Å²) in [6.07, 6.45) is -1.83. The summed E-state index contributed by atoms with van der Waals surface area (Å²) in [4.78, 5) is 16.6. The number of piperidine rings is 1. The highest BCUT2D eigenvalue weighted by Crippen LogP contribution is 2.34. The Labute approximate surface area is 113 Å². The number of hydrogen-bond donors (Lipinski definition) is 1. The fourth-order valence-corrected chi connectivity index (χ4v) is 3.23. The van der Waals surface area contributed by atoms with Gasteiger partial charge in [-0.2, -0.15) is 4.91 Å². The Morgan fingerprint density at radius 3 is 2.79 bits per heavy atom. The molecule has 0 spiro atoms. The summed E-state index contributed by atoms with van der Waals surface area (Å²) in [7, 11) is 0. The predicted molar refractivity (Wildman–Crippen MR) is 67.3 cm³/mol. The van der Waals surface area contributed by atoms with E-state index in [2.05, 4.69) is 10.2 Å². The van der Waals surface area contributed by atoms with E-state index < -0.39 is 12.5 Å². The zero-order chi connectivity index (χ0) is 13.8. The summed E-state index contributed by atoms with van der Waals surface area (Å²) in [5, 5.41) is 12.3. The van der Waals surface area contributed by atoms with Gasteiger partial charge in [-0.15, -0.1) is 11.3 Å². The highest BCUT2D eigenvalue weighted by molar-refractivity contribution is 7.09. The van der Waals surface area contributed by atoms with Gasteiger partial charge in [0.25, 0.3) is 6.43 Å². The highest BCUT2D eigenvalue weighted by atomic mass is 32.1. The molecular weight excluding hydrogens is 276 g/mol. The maximum absolute atomic E-state index is 12.9. The second-order valence-corrected chi connectivity index (χ2v) is 5.38. The van der Waals surface area contributed by atoms with Gasteiger partial charge < -0.3 is 5.11 Å². The number of alkyl halides is 2. The van der Waals surface area contributed by atoms with E-state index in [1.165, 1.54) is 5.51 Å². The molecule has 19 heavy (non-hydrogen) atoms. The van der Waals surface area contributed by atoms with Gasteiger partial charge in [-0.3, -0.25) is 4.90 Å². The minimum absolute atomic E-state index is 0.0714. The molecule has 0 radical (unpaired) electrons. The molecule has 106 valence electrons. The first-order valence-corrected chi connectivity index (χ1v) is 6.94. The topological polar surface area (TPSA) is 65.8 Å². The Bertz CT molecular complexity index is 422. The van der Waals surface area contributed by atoms with Crippen LogP contribution in [0.25, 0.3) is 0 Å². The van der Waals surface area contributed by atoms with Gasteiger partial charge in [0.15, 0.2) is 0 Å². The van der Waals surface area contributed by atoms with E-state index in [0.717, 1.165) is 11.3 Å². The molecule has 1 aromatic rings. The van der Waals surface area contributed by atoms with Gasteiger partial charge in [0.2, 0.25) is 0 Å². The van der Waals surface area contributed by atoms with Crippen LogP contribution in [-0.4, -0.2) is 40.7 Å². The average Bonchev–Trinajstić information content (AvgIpc) is 2.86. The maximum Gasteiger partial charge on any atom is 0.281 e. The fourth-order valence-electron chi connectivity index (χ4n) is 2.31. The number of hydrogen-bond acceptors (Lipinski definition) is 6. The van der Waals surface area contributed by atoms with Crippen LogP contribution in [0, 0.1) is 4.91 Å². The van der Waals surface area contributed by atoms with Crippen molar-refractivity contribution in [2.24, 2.45) is 5.18 Å². The Morgan fingerprint density at radius 1 is 1.53 bits per heavy atom. The fraction of sp³-hybridized carbons (Fsp3) is 0.727. The standard InChI is InChI=1S/C11H15F2N3O2S/c12-11(13)9-10(19-6-14-9)8(5-15-18)16-3-1-7(17)2-4-16/h6-8,11,17H,1-5H2. The van der Waals surface area contributed by atoms with Crippen molar-refractivity contribution >= 4 is 11.3 Å². The molecular formula is C11H15F2N3O2S. The van der Waals surface area contributed by atoms with Crippen LogP contribution in [0.3, 0.4) is 0 Å². The summed E-state index contributed by atoms with van der Waals surface area (Å²) in [6, 6.07) is -0.457. The van der Waals surface area contributed by atoms with Gasteiger partial charge in [0.1, 0.15) is 12.2 Å². The third kappa shape index (κ3) is 3.31. The molecule has 0 aromatic carbocycles. The third-order valence-electron chi connectivity index (χ3n) is 3.32. The molecule has 1 aliphatic rings. The number of nitroso groups, excluding NO2 is 1. The Hall–Kier alpha value is -0.990. The second-order valence-electron chi connectivity index (χ2n) is 4.50. The Morgan fingerprint density at radius 2 is 2.21 bits per heavy atom. The molecule has 0 bridgehead atoms. The van der Waals surface area contributed by atoms with Crippen LogP contribution in [0.5, 0.6) is 0 Å². The summed E-state index contributed by atoms with van der Waals surface area (Å²) in [6.45, 7) is 1.07. The minimum Gasteiger partial charge on any atom is -0.393 e. The van der Waals surface area contributed by atoms with Crippen molar-refractivity contribution in [3.8, 4) is 0 Å². The number of nitrogens with zero attached hydrogens (tertiary/aromatic N) is 3. The van der Waals surface area contributed by atoms with Crippen molar-refractivity contribution in [3.63, 3.8) is 0 Å². The van der Waals surface area contributed by atoms with Crippen molar-refractivity contribution in [1.82, 2.24) is 9.88 Å². The number of rotatable bonds is 5. The number of aliphatic hydroxyl groups is 1. The molecule has 1 unspecified atom stereocenters. The first-order chi connectivity index (χ1) is 9.13. The predicted octanol–water partition coefficient (Wildman–Crippen LogP) is 2.34. The molecule has 0 saturated carbocycles. The lowest BCUT2D eigenvalue weighted by molar-refractivity contribution is 0.0614. The van der Waals surface area contributed by atoms with E-state index in [9.17, 15) is 18.8 Å². The number of thiazole rings is 1. The van der Waals surface area contributed by atoms with Gasteiger partial charge in [-0.25, -0.2) is 13.8 Å². The SMILES string of the molecule is O=NCC(c1scnc1C(F)F)N1CCC(O)CC1. The van der Waals surface area contributed by atoms with Crippen LogP contribution in [0.4, 0.5) is 8.78 Å². The lowest BCUT2D eigenvalue weighted by Gasteiger charge is -2.34. The minimum atomic E-state index is -2.65. The van der Waals surface area contributed by atoms with Gasteiger partial charge in [0.05, 0.1) is 22.5 Å². The summed E-state index contributed by atoms with van der Waals surface area (Å²) < 4.78 is 25.7. The molecule has 5 nitrogen and oxygen atoms in total. The Kier molecular flexibility index (Phi) is 4.89. The molecule has 2 heterocycles. The quantitative estimate of drug-likeness (QED) is 0.846. The third-order valence-corrected chi connectivity index (χ3v) is 4.27. The second kappa shape index (κ2) is 6.44. The van der Waals surface area contributed by atoms with Gasteiger partial charge >= 0.3 is 0 Å². The van der Waals surface area contributed by atoms with Crippen molar-refractivity contribution in [1.29, 1.82) is 0 Å². The van der Waals surface area contributed by atoms with E-state index in [0.29, 0.717) is 30.8 Å². The van der Waals surface area contributed by atoms with Crippen molar-refractivity contribution in [2.75, 3.05) is 19.6 Å². The molecule has 0 aliphatic carbocycles. The smallest absolute Gasteiger partial charge is 0.281 e. The Balaban J connectivity index is 2.19. The largest absolute Gasteiger partial charge is 0.393 e. The van der Waals surface area contributed by atoms with E-state index in [1.54, 1.807) is 0 Å². The monoisotopic (exact) mass is 291 g/mol. The molecule has 1 N–H and O–H groups in total. The van der Waals surface area contributed by atoms with Crippen molar-refractivity contribution in [2.45, 2.75) is 31.4 Å². The molecule has 0 amide bonds. The molecule has 1 atom stereocenters. The summed E-state index contributed by atoms with van der Waals surface area (Å²) >= 11 is 1.13.